The molecule has 0 aliphatic rings. The van der Waals surface area contributed by atoms with Crippen molar-refractivity contribution in [1.82, 2.24) is 9.78 Å². The van der Waals surface area contributed by atoms with E-state index >= 15 is 0 Å². The van der Waals surface area contributed by atoms with Gasteiger partial charge in [-0.1, -0.05) is 0 Å². The van der Waals surface area contributed by atoms with Crippen LogP contribution in [0.3, 0.4) is 0 Å². The van der Waals surface area contributed by atoms with Crippen molar-refractivity contribution in [3.8, 4) is 11.5 Å². The van der Waals surface area contributed by atoms with Gasteiger partial charge in [0.15, 0.2) is 11.5 Å². The molecule has 2 aromatic rings. The summed E-state index contributed by atoms with van der Waals surface area (Å²) in [6.45, 7) is 0.326. The van der Waals surface area contributed by atoms with Gasteiger partial charge in [0.2, 0.25) is 0 Å². The van der Waals surface area contributed by atoms with Crippen LogP contribution in [0.2, 0.25) is 0 Å². The Morgan fingerprint density at radius 2 is 2.00 bits per heavy atom. The van der Waals surface area contributed by atoms with E-state index in [2.05, 4.69) is 10.4 Å². The van der Waals surface area contributed by atoms with E-state index in [1.165, 1.54) is 7.11 Å². The molecule has 7 heteroatoms. The van der Waals surface area contributed by atoms with Gasteiger partial charge < -0.3 is 19.5 Å². The van der Waals surface area contributed by atoms with E-state index in [0.717, 1.165) is 0 Å². The molecular formula is C14H17N3O4. The van der Waals surface area contributed by atoms with Crippen LogP contribution < -0.4 is 14.8 Å². The standard InChI is InChI=1S/C14H17N3O4/c1-19-9-17-8-11(7-15-17)16-14(18)10-4-5-12(20-2)13(6-10)21-3/h4-8H,9H2,1-3H3,(H,16,18). The Morgan fingerprint density at radius 1 is 1.24 bits per heavy atom. The van der Waals surface area contributed by atoms with E-state index in [9.17, 15) is 4.79 Å². The van der Waals surface area contributed by atoms with Crippen molar-refractivity contribution < 1.29 is 19.0 Å². The minimum atomic E-state index is -0.257. The zero-order valence-electron chi connectivity index (χ0n) is 12.1. The van der Waals surface area contributed by atoms with E-state index < -0.39 is 0 Å². The number of amides is 1. The molecule has 0 radical (unpaired) electrons. The highest BCUT2D eigenvalue weighted by atomic mass is 16.5. The number of hydrogen-bond donors (Lipinski definition) is 1. The Kier molecular flexibility index (Phi) is 4.78. The van der Waals surface area contributed by atoms with Crippen LogP contribution in [0.1, 0.15) is 10.4 Å². The smallest absolute Gasteiger partial charge is 0.255 e. The normalized spacial score (nSPS) is 10.2. The molecule has 7 nitrogen and oxygen atoms in total. The molecule has 0 bridgehead atoms. The highest BCUT2D eigenvalue weighted by molar-refractivity contribution is 6.04. The summed E-state index contributed by atoms with van der Waals surface area (Å²) in [5, 5.41) is 6.80. The number of rotatable bonds is 6. The molecule has 1 N–H and O–H groups in total. The second kappa shape index (κ2) is 6.76. The van der Waals surface area contributed by atoms with Crippen LogP contribution >= 0.6 is 0 Å². The van der Waals surface area contributed by atoms with Gasteiger partial charge in [0, 0.05) is 12.7 Å². The Labute approximate surface area is 122 Å². The molecule has 21 heavy (non-hydrogen) atoms. The predicted molar refractivity (Wildman–Crippen MR) is 76.7 cm³/mol. The molecule has 0 fully saturated rings. The van der Waals surface area contributed by atoms with Gasteiger partial charge in [-0.25, -0.2) is 4.68 Å². The van der Waals surface area contributed by atoms with E-state index in [1.807, 2.05) is 0 Å². The molecule has 2 rings (SSSR count). The van der Waals surface area contributed by atoms with Gasteiger partial charge in [-0.15, -0.1) is 0 Å². The van der Waals surface area contributed by atoms with Crippen molar-refractivity contribution in [2.24, 2.45) is 0 Å². The number of carbonyl (C=O) groups is 1. The molecule has 1 aromatic carbocycles. The van der Waals surface area contributed by atoms with Crippen LogP contribution in [-0.2, 0) is 11.5 Å². The maximum absolute atomic E-state index is 12.2. The lowest BCUT2D eigenvalue weighted by atomic mass is 10.2. The summed E-state index contributed by atoms with van der Waals surface area (Å²) in [5.41, 5.74) is 1.05. The van der Waals surface area contributed by atoms with Gasteiger partial charge in [-0.2, -0.15) is 5.10 Å². The summed E-state index contributed by atoms with van der Waals surface area (Å²) < 4.78 is 16.8. The van der Waals surface area contributed by atoms with Gasteiger partial charge in [-0.3, -0.25) is 4.79 Å². The molecule has 0 aliphatic heterocycles. The van der Waals surface area contributed by atoms with Crippen LogP contribution in [0.5, 0.6) is 11.5 Å². The molecular weight excluding hydrogens is 274 g/mol. The number of benzene rings is 1. The SMILES string of the molecule is COCn1cc(NC(=O)c2ccc(OC)c(OC)c2)cn1. The third-order valence-corrected chi connectivity index (χ3v) is 2.80. The molecule has 0 atom stereocenters. The second-order valence-electron chi connectivity index (χ2n) is 4.21. The molecule has 112 valence electrons. The van der Waals surface area contributed by atoms with Crippen molar-refractivity contribution in [3.63, 3.8) is 0 Å². The average Bonchev–Trinajstić information content (AvgIpc) is 2.94. The van der Waals surface area contributed by atoms with E-state index in [0.29, 0.717) is 29.5 Å². The molecule has 0 saturated carbocycles. The summed E-state index contributed by atoms with van der Waals surface area (Å²) in [6, 6.07) is 4.96. The second-order valence-corrected chi connectivity index (χ2v) is 4.21. The van der Waals surface area contributed by atoms with Crippen LogP contribution in [0.25, 0.3) is 0 Å². The van der Waals surface area contributed by atoms with E-state index in [1.54, 1.807) is 49.5 Å². The third kappa shape index (κ3) is 3.51. The van der Waals surface area contributed by atoms with Gasteiger partial charge in [-0.05, 0) is 18.2 Å². The first-order chi connectivity index (χ1) is 10.2. The lowest BCUT2D eigenvalue weighted by molar-refractivity contribution is 0.102. The fourth-order valence-corrected chi connectivity index (χ4v) is 1.81. The van der Waals surface area contributed by atoms with Crippen molar-refractivity contribution in [2.75, 3.05) is 26.6 Å². The molecule has 0 unspecified atom stereocenters. The summed E-state index contributed by atoms with van der Waals surface area (Å²) in [5.74, 6) is 0.815. The van der Waals surface area contributed by atoms with Crippen molar-refractivity contribution >= 4 is 11.6 Å². The van der Waals surface area contributed by atoms with Gasteiger partial charge >= 0.3 is 0 Å². The third-order valence-electron chi connectivity index (χ3n) is 2.80. The molecule has 0 aliphatic carbocycles. The number of nitrogens with one attached hydrogen (secondary N) is 1. The quantitative estimate of drug-likeness (QED) is 0.877. The molecule has 1 heterocycles. The minimum absolute atomic E-state index is 0.257. The first kappa shape index (κ1) is 14.9. The maximum atomic E-state index is 12.2. The monoisotopic (exact) mass is 291 g/mol. The average molecular weight is 291 g/mol. The molecule has 0 saturated heterocycles. The van der Waals surface area contributed by atoms with Crippen LogP contribution in [0.4, 0.5) is 5.69 Å². The fraction of sp³-hybridized carbons (Fsp3) is 0.286. The number of methoxy groups -OCH3 is 3. The largest absolute Gasteiger partial charge is 0.493 e. The predicted octanol–water partition coefficient (Wildman–Crippen LogP) is 1.76. The Balaban J connectivity index is 2.12. The lowest BCUT2D eigenvalue weighted by Crippen LogP contribution is -2.11. The van der Waals surface area contributed by atoms with Crippen molar-refractivity contribution in [1.29, 1.82) is 0 Å². The zero-order valence-corrected chi connectivity index (χ0v) is 12.1. The van der Waals surface area contributed by atoms with Gasteiger partial charge in [0.05, 0.1) is 32.3 Å². The molecule has 1 amide bonds. The van der Waals surface area contributed by atoms with Crippen molar-refractivity contribution in [3.05, 3.63) is 36.2 Å². The van der Waals surface area contributed by atoms with Crippen molar-refractivity contribution in [2.45, 2.75) is 6.73 Å². The zero-order chi connectivity index (χ0) is 15.2. The summed E-state index contributed by atoms with van der Waals surface area (Å²) in [6.07, 6.45) is 3.24. The van der Waals surface area contributed by atoms with E-state index in [4.69, 9.17) is 14.2 Å². The number of nitrogens with zero attached hydrogens (tertiary/aromatic N) is 2. The van der Waals surface area contributed by atoms with Gasteiger partial charge in [0.1, 0.15) is 6.73 Å². The van der Waals surface area contributed by atoms with E-state index in [-0.39, 0.29) is 5.91 Å². The summed E-state index contributed by atoms with van der Waals surface area (Å²) >= 11 is 0. The highest BCUT2D eigenvalue weighted by Crippen LogP contribution is 2.27. The Bertz CT molecular complexity index is 624. The minimum Gasteiger partial charge on any atom is -0.493 e. The van der Waals surface area contributed by atoms with Crippen LogP contribution in [0.15, 0.2) is 30.6 Å². The number of anilines is 1. The van der Waals surface area contributed by atoms with Crippen LogP contribution in [0, 0.1) is 0 Å². The number of hydrogen-bond acceptors (Lipinski definition) is 5. The lowest BCUT2D eigenvalue weighted by Gasteiger charge is -2.09. The molecule has 1 aromatic heterocycles. The summed E-state index contributed by atoms with van der Waals surface area (Å²) in [7, 11) is 4.64. The highest BCUT2D eigenvalue weighted by Gasteiger charge is 2.11. The number of carbonyl (C=O) groups excluding carboxylic acids is 1. The Morgan fingerprint density at radius 3 is 2.67 bits per heavy atom. The first-order valence-corrected chi connectivity index (χ1v) is 6.22. The number of ether oxygens (including phenoxy) is 3. The Hall–Kier alpha value is -2.54. The topological polar surface area (TPSA) is 74.6 Å². The summed E-state index contributed by atoms with van der Waals surface area (Å²) in [4.78, 5) is 12.2. The van der Waals surface area contributed by atoms with Crippen LogP contribution in [-0.4, -0.2) is 37.0 Å². The number of aromatic nitrogens is 2. The first-order valence-electron chi connectivity index (χ1n) is 6.22. The molecule has 0 spiro atoms. The van der Waals surface area contributed by atoms with Gasteiger partial charge in [0.25, 0.3) is 5.91 Å². The maximum Gasteiger partial charge on any atom is 0.255 e. The fourth-order valence-electron chi connectivity index (χ4n) is 1.81.